The van der Waals surface area contributed by atoms with Crippen LogP contribution in [0, 0.1) is 6.92 Å². The number of nitrogens with zero attached hydrogens (tertiary/aromatic N) is 4. The van der Waals surface area contributed by atoms with E-state index in [1.807, 2.05) is 43.1 Å². The van der Waals surface area contributed by atoms with Crippen molar-refractivity contribution in [2.75, 3.05) is 0 Å². The first-order chi connectivity index (χ1) is 14.9. The summed E-state index contributed by atoms with van der Waals surface area (Å²) < 4.78 is 1.96. The molecule has 2 aromatic heterocycles. The van der Waals surface area contributed by atoms with E-state index in [0.29, 0.717) is 18.5 Å². The van der Waals surface area contributed by atoms with Crippen molar-refractivity contribution in [3.8, 4) is 22.5 Å². The number of piperidine rings is 1. The van der Waals surface area contributed by atoms with E-state index in [9.17, 15) is 14.4 Å². The molecule has 3 amide bonds. The third-order valence-corrected chi connectivity index (χ3v) is 5.88. The summed E-state index contributed by atoms with van der Waals surface area (Å²) in [6.45, 7) is 2.33. The van der Waals surface area contributed by atoms with Crippen molar-refractivity contribution in [2.45, 2.75) is 32.4 Å². The fourth-order valence-electron chi connectivity index (χ4n) is 4.39. The summed E-state index contributed by atoms with van der Waals surface area (Å²) in [5.74, 6) is -0.877. The molecule has 4 heterocycles. The van der Waals surface area contributed by atoms with E-state index in [1.54, 1.807) is 17.3 Å². The Morgan fingerprint density at radius 1 is 1.10 bits per heavy atom. The van der Waals surface area contributed by atoms with Crippen molar-refractivity contribution in [1.82, 2.24) is 24.8 Å². The first kappa shape index (κ1) is 19.2. The van der Waals surface area contributed by atoms with E-state index < -0.39 is 11.9 Å². The molecule has 0 bridgehead atoms. The zero-order valence-corrected chi connectivity index (χ0v) is 17.3. The number of hydrogen-bond acceptors (Lipinski definition) is 5. The topological polar surface area (TPSA) is 97.2 Å². The number of nitrogens with one attached hydrogen (secondary N) is 1. The second-order valence-electron chi connectivity index (χ2n) is 8.08. The van der Waals surface area contributed by atoms with Crippen LogP contribution in [0.15, 0.2) is 43.0 Å². The molecule has 8 nitrogen and oxygen atoms in total. The van der Waals surface area contributed by atoms with E-state index in [1.165, 1.54) is 0 Å². The molecule has 2 aliphatic heterocycles. The van der Waals surface area contributed by atoms with Gasteiger partial charge in [0.15, 0.2) is 0 Å². The van der Waals surface area contributed by atoms with E-state index in [0.717, 1.165) is 33.6 Å². The standard InChI is InChI=1S/C23H21N5O3/c1-13-7-15(10-24-9-13)21-20(25-12-27(21)2)14-3-4-17-16(8-14)11-28(23(17)31)18-5-6-19(29)26-22(18)30/h3-4,7-10,12,18H,5-6,11H2,1-2H3,(H,26,29,30). The molecule has 3 aromatic rings. The van der Waals surface area contributed by atoms with Gasteiger partial charge in [-0.05, 0) is 42.7 Å². The Labute approximate surface area is 178 Å². The fraction of sp³-hybridized carbons (Fsp3) is 0.261. The molecule has 156 valence electrons. The van der Waals surface area contributed by atoms with Crippen LogP contribution in [-0.2, 0) is 23.2 Å². The highest BCUT2D eigenvalue weighted by Crippen LogP contribution is 2.34. The normalized spacial score (nSPS) is 18.3. The highest BCUT2D eigenvalue weighted by atomic mass is 16.2. The summed E-state index contributed by atoms with van der Waals surface area (Å²) in [5.41, 5.74) is 6.12. The Balaban J connectivity index is 1.50. The predicted octanol–water partition coefficient (Wildman–Crippen LogP) is 2.22. The van der Waals surface area contributed by atoms with Crippen LogP contribution in [0.5, 0.6) is 0 Å². The highest BCUT2D eigenvalue weighted by Gasteiger charge is 2.39. The molecule has 0 aliphatic carbocycles. The van der Waals surface area contributed by atoms with Gasteiger partial charge in [-0.15, -0.1) is 0 Å². The zero-order valence-electron chi connectivity index (χ0n) is 17.3. The number of amides is 3. The van der Waals surface area contributed by atoms with Crippen molar-refractivity contribution in [2.24, 2.45) is 7.05 Å². The van der Waals surface area contributed by atoms with Gasteiger partial charge in [0.1, 0.15) is 6.04 Å². The zero-order chi connectivity index (χ0) is 21.7. The fourth-order valence-corrected chi connectivity index (χ4v) is 4.39. The average molecular weight is 415 g/mol. The van der Waals surface area contributed by atoms with Gasteiger partial charge in [0, 0.05) is 49.1 Å². The van der Waals surface area contributed by atoms with Crippen LogP contribution in [0.4, 0.5) is 0 Å². The smallest absolute Gasteiger partial charge is 0.255 e. The summed E-state index contributed by atoms with van der Waals surface area (Å²) in [6.07, 6.45) is 5.98. The van der Waals surface area contributed by atoms with Crippen LogP contribution in [0.2, 0.25) is 0 Å². The number of imidazole rings is 1. The molecule has 31 heavy (non-hydrogen) atoms. The third kappa shape index (κ3) is 3.20. The van der Waals surface area contributed by atoms with Crippen LogP contribution in [-0.4, -0.2) is 43.2 Å². The van der Waals surface area contributed by atoms with Gasteiger partial charge < -0.3 is 9.47 Å². The minimum atomic E-state index is -0.621. The summed E-state index contributed by atoms with van der Waals surface area (Å²) in [4.78, 5) is 47.1. The van der Waals surface area contributed by atoms with Crippen LogP contribution in [0.25, 0.3) is 22.5 Å². The molecular formula is C23H21N5O3. The van der Waals surface area contributed by atoms with Crippen LogP contribution >= 0.6 is 0 Å². The Kier molecular flexibility index (Phi) is 4.43. The van der Waals surface area contributed by atoms with Gasteiger partial charge in [-0.1, -0.05) is 6.07 Å². The average Bonchev–Trinajstić information content (AvgIpc) is 3.28. The number of fused-ring (bicyclic) bond motifs is 1. The summed E-state index contributed by atoms with van der Waals surface area (Å²) in [5, 5.41) is 2.33. The minimum Gasteiger partial charge on any atom is -0.333 e. The highest BCUT2D eigenvalue weighted by molar-refractivity contribution is 6.05. The molecule has 0 radical (unpaired) electrons. The number of carbonyl (C=O) groups is 3. The Morgan fingerprint density at radius 3 is 2.71 bits per heavy atom. The Hall–Kier alpha value is -3.81. The lowest BCUT2D eigenvalue weighted by Gasteiger charge is -2.29. The largest absolute Gasteiger partial charge is 0.333 e. The molecule has 1 aromatic carbocycles. The lowest BCUT2D eigenvalue weighted by molar-refractivity contribution is -0.136. The van der Waals surface area contributed by atoms with Crippen LogP contribution in [0.1, 0.15) is 34.3 Å². The van der Waals surface area contributed by atoms with Gasteiger partial charge in [0.25, 0.3) is 5.91 Å². The molecule has 1 atom stereocenters. The number of rotatable bonds is 3. The van der Waals surface area contributed by atoms with Crippen LogP contribution < -0.4 is 5.32 Å². The number of benzene rings is 1. The number of pyridine rings is 1. The van der Waals surface area contributed by atoms with E-state index >= 15 is 0 Å². The Bertz CT molecular complexity index is 1250. The van der Waals surface area contributed by atoms with Crippen molar-refractivity contribution in [1.29, 1.82) is 0 Å². The third-order valence-electron chi connectivity index (χ3n) is 5.88. The maximum atomic E-state index is 12.9. The van der Waals surface area contributed by atoms with E-state index in [4.69, 9.17) is 0 Å². The number of hydrogen-bond donors (Lipinski definition) is 1. The molecule has 0 spiro atoms. The molecule has 0 saturated carbocycles. The summed E-state index contributed by atoms with van der Waals surface area (Å²) in [7, 11) is 1.94. The lowest BCUT2D eigenvalue weighted by Crippen LogP contribution is -2.52. The molecular weight excluding hydrogens is 394 g/mol. The first-order valence-corrected chi connectivity index (χ1v) is 10.1. The molecule has 1 unspecified atom stereocenters. The second kappa shape index (κ2) is 7.16. The molecule has 2 aliphatic rings. The number of aromatic nitrogens is 3. The maximum Gasteiger partial charge on any atom is 0.255 e. The van der Waals surface area contributed by atoms with E-state index in [2.05, 4.69) is 21.4 Å². The van der Waals surface area contributed by atoms with Crippen molar-refractivity contribution >= 4 is 17.7 Å². The summed E-state index contributed by atoms with van der Waals surface area (Å²) in [6, 6.07) is 7.10. The number of imide groups is 1. The predicted molar refractivity (Wildman–Crippen MR) is 113 cm³/mol. The first-order valence-electron chi connectivity index (χ1n) is 10.1. The molecule has 1 fully saturated rings. The van der Waals surface area contributed by atoms with E-state index in [-0.39, 0.29) is 18.2 Å². The number of carbonyl (C=O) groups excluding carboxylic acids is 3. The Morgan fingerprint density at radius 2 is 1.94 bits per heavy atom. The second-order valence-corrected chi connectivity index (χ2v) is 8.08. The molecule has 8 heteroatoms. The van der Waals surface area contributed by atoms with Gasteiger partial charge >= 0.3 is 0 Å². The molecule has 1 saturated heterocycles. The minimum absolute atomic E-state index is 0.180. The van der Waals surface area contributed by atoms with Gasteiger partial charge in [0.2, 0.25) is 11.8 Å². The number of aryl methyl sites for hydroxylation is 2. The quantitative estimate of drug-likeness (QED) is 0.662. The SMILES string of the molecule is Cc1cncc(-c2c(-c3ccc4c(c3)CN(C3CCC(=O)NC3=O)C4=O)ncn2C)c1. The van der Waals surface area contributed by atoms with Crippen LogP contribution in [0.3, 0.4) is 0 Å². The van der Waals surface area contributed by atoms with Crippen molar-refractivity contribution in [3.63, 3.8) is 0 Å². The van der Waals surface area contributed by atoms with Gasteiger partial charge in [0.05, 0.1) is 17.7 Å². The van der Waals surface area contributed by atoms with Gasteiger partial charge in [-0.2, -0.15) is 0 Å². The summed E-state index contributed by atoms with van der Waals surface area (Å²) >= 11 is 0. The van der Waals surface area contributed by atoms with Gasteiger partial charge in [-0.25, -0.2) is 4.98 Å². The van der Waals surface area contributed by atoms with Crippen molar-refractivity contribution in [3.05, 3.63) is 59.7 Å². The molecule has 5 rings (SSSR count). The van der Waals surface area contributed by atoms with Gasteiger partial charge in [-0.3, -0.25) is 24.7 Å². The lowest BCUT2D eigenvalue weighted by atomic mass is 10.0. The maximum absolute atomic E-state index is 12.9. The van der Waals surface area contributed by atoms with Crippen molar-refractivity contribution < 1.29 is 14.4 Å². The molecule has 1 N–H and O–H groups in total. The monoisotopic (exact) mass is 415 g/mol.